The molecule has 3 aromatic rings. The van der Waals surface area contributed by atoms with Gasteiger partial charge in [-0.3, -0.25) is 9.88 Å². The minimum atomic E-state index is -0.671. The van der Waals surface area contributed by atoms with Crippen LogP contribution in [0.2, 0.25) is 5.02 Å². The molecule has 7 nitrogen and oxygen atoms in total. The predicted octanol–water partition coefficient (Wildman–Crippen LogP) is 3.06. The molecule has 0 bridgehead atoms. The Morgan fingerprint density at radius 2 is 2.14 bits per heavy atom. The first kappa shape index (κ1) is 19.8. The number of nitrogens with one attached hydrogen (secondary N) is 1. The van der Waals surface area contributed by atoms with Crippen LogP contribution in [0.1, 0.15) is 12.8 Å². The van der Waals surface area contributed by atoms with Crippen LogP contribution in [0, 0.1) is 5.82 Å². The first-order chi connectivity index (χ1) is 14.1. The van der Waals surface area contributed by atoms with Crippen molar-refractivity contribution in [1.82, 2.24) is 20.1 Å². The highest BCUT2D eigenvalue weighted by Crippen LogP contribution is 2.37. The number of aliphatic hydroxyl groups is 1. The van der Waals surface area contributed by atoms with Gasteiger partial charge >= 0.3 is 0 Å². The molecule has 0 unspecified atom stereocenters. The van der Waals surface area contributed by atoms with E-state index in [1.165, 1.54) is 6.07 Å². The van der Waals surface area contributed by atoms with Gasteiger partial charge in [0.05, 0.1) is 12.2 Å². The van der Waals surface area contributed by atoms with Crippen LogP contribution in [0.5, 0.6) is 5.75 Å². The van der Waals surface area contributed by atoms with Gasteiger partial charge in [-0.15, -0.1) is 10.2 Å². The van der Waals surface area contributed by atoms with E-state index in [1.807, 2.05) is 0 Å². The number of aromatic nitrogens is 3. The van der Waals surface area contributed by atoms with Crippen molar-refractivity contribution >= 4 is 28.2 Å². The van der Waals surface area contributed by atoms with Crippen molar-refractivity contribution in [3.8, 4) is 17.0 Å². The van der Waals surface area contributed by atoms with Crippen LogP contribution in [0.4, 0.5) is 10.2 Å². The van der Waals surface area contributed by atoms with Gasteiger partial charge in [0.2, 0.25) is 0 Å². The molecule has 1 aromatic carbocycles. The molecule has 1 saturated heterocycles. The number of benzene rings is 1. The van der Waals surface area contributed by atoms with Gasteiger partial charge < -0.3 is 15.5 Å². The Labute approximate surface area is 172 Å². The molecule has 0 aliphatic carbocycles. The number of aromatic hydroxyl groups is 1. The standard InChI is InChI=1S/C20H21ClFN5O2/c21-12-8-16(22)18(17(29)9-12)19-14-3-4-23-10-15(14)20(26-25-19)24-13-2-1-5-27(11-13)6-7-28/h3-4,8-10,13,28-29H,1-2,5-7,11H2,(H,24,26)/t13-/m1/s1. The summed E-state index contributed by atoms with van der Waals surface area (Å²) in [6.45, 7) is 2.52. The molecule has 0 amide bonds. The average Bonchev–Trinajstić information content (AvgIpc) is 2.69. The van der Waals surface area contributed by atoms with Crippen LogP contribution in [0.15, 0.2) is 30.6 Å². The van der Waals surface area contributed by atoms with Crippen molar-refractivity contribution in [1.29, 1.82) is 0 Å². The Hall–Kier alpha value is -2.55. The van der Waals surface area contributed by atoms with E-state index in [0.29, 0.717) is 23.1 Å². The van der Waals surface area contributed by atoms with Gasteiger partial charge in [0.15, 0.2) is 5.82 Å². The van der Waals surface area contributed by atoms with E-state index in [1.54, 1.807) is 18.5 Å². The van der Waals surface area contributed by atoms with E-state index in [4.69, 9.17) is 11.6 Å². The van der Waals surface area contributed by atoms with Gasteiger partial charge in [-0.1, -0.05) is 11.6 Å². The van der Waals surface area contributed by atoms with E-state index in [0.717, 1.165) is 32.0 Å². The van der Waals surface area contributed by atoms with Crippen LogP contribution in [-0.4, -0.2) is 62.6 Å². The molecule has 9 heteroatoms. The minimum absolute atomic E-state index is 0.0450. The summed E-state index contributed by atoms with van der Waals surface area (Å²) in [4.78, 5) is 6.38. The molecule has 1 fully saturated rings. The van der Waals surface area contributed by atoms with Gasteiger partial charge in [0.1, 0.15) is 17.3 Å². The highest BCUT2D eigenvalue weighted by Gasteiger charge is 2.23. The molecule has 1 aliphatic rings. The third-order valence-corrected chi connectivity index (χ3v) is 5.33. The molecule has 0 radical (unpaired) electrons. The number of β-amino-alcohol motifs (C(OH)–C–C–N with tert-alkyl or cyclic N) is 1. The minimum Gasteiger partial charge on any atom is -0.507 e. The first-order valence-corrected chi connectivity index (χ1v) is 9.83. The summed E-state index contributed by atoms with van der Waals surface area (Å²) in [7, 11) is 0. The van der Waals surface area contributed by atoms with Crippen molar-refractivity contribution < 1.29 is 14.6 Å². The summed E-state index contributed by atoms with van der Waals surface area (Å²) in [6.07, 6.45) is 5.23. The Kier molecular flexibility index (Phi) is 5.75. The van der Waals surface area contributed by atoms with Crippen molar-refractivity contribution in [3.05, 3.63) is 41.4 Å². The number of halogens is 2. The summed E-state index contributed by atoms with van der Waals surface area (Å²) in [5.74, 6) is -0.411. The van der Waals surface area contributed by atoms with Crippen LogP contribution < -0.4 is 5.32 Å². The van der Waals surface area contributed by atoms with Crippen LogP contribution >= 0.6 is 11.6 Å². The second-order valence-electron chi connectivity index (χ2n) is 7.11. The summed E-state index contributed by atoms with van der Waals surface area (Å²) in [5.41, 5.74) is 0.182. The maximum Gasteiger partial charge on any atom is 0.158 e. The lowest BCUT2D eigenvalue weighted by Gasteiger charge is -2.33. The number of nitrogens with zero attached hydrogens (tertiary/aromatic N) is 4. The molecule has 0 spiro atoms. The van der Waals surface area contributed by atoms with E-state index < -0.39 is 5.82 Å². The van der Waals surface area contributed by atoms with Gasteiger partial charge in [0, 0.05) is 47.3 Å². The fourth-order valence-corrected chi connectivity index (χ4v) is 3.99. The number of likely N-dealkylation sites (tertiary alicyclic amines) is 1. The van der Waals surface area contributed by atoms with E-state index >= 15 is 0 Å². The second kappa shape index (κ2) is 8.44. The molecule has 0 saturated carbocycles. The number of pyridine rings is 1. The first-order valence-electron chi connectivity index (χ1n) is 9.45. The topological polar surface area (TPSA) is 94.4 Å². The van der Waals surface area contributed by atoms with E-state index in [2.05, 4.69) is 25.4 Å². The largest absolute Gasteiger partial charge is 0.507 e. The van der Waals surface area contributed by atoms with Gasteiger partial charge in [-0.2, -0.15) is 0 Å². The molecule has 4 rings (SSSR count). The SMILES string of the molecule is OCCN1CCC[C@@H](Nc2nnc(-c3c(O)cc(Cl)cc3F)c3ccncc23)C1. The molecular weight excluding hydrogens is 397 g/mol. The van der Waals surface area contributed by atoms with Crippen LogP contribution in [-0.2, 0) is 0 Å². The van der Waals surface area contributed by atoms with E-state index in [-0.39, 0.29) is 34.7 Å². The van der Waals surface area contributed by atoms with E-state index in [9.17, 15) is 14.6 Å². The van der Waals surface area contributed by atoms with Gasteiger partial charge in [-0.05, 0) is 37.6 Å². The highest BCUT2D eigenvalue weighted by atomic mass is 35.5. The number of anilines is 1. The molecule has 1 atom stereocenters. The van der Waals surface area contributed by atoms with Crippen molar-refractivity contribution in [2.75, 3.05) is 31.6 Å². The lowest BCUT2D eigenvalue weighted by Crippen LogP contribution is -2.43. The number of fused-ring (bicyclic) bond motifs is 1. The zero-order valence-electron chi connectivity index (χ0n) is 15.6. The predicted molar refractivity (Wildman–Crippen MR) is 110 cm³/mol. The number of rotatable bonds is 5. The Morgan fingerprint density at radius 1 is 1.28 bits per heavy atom. The Morgan fingerprint density at radius 3 is 2.93 bits per heavy atom. The number of aliphatic hydroxyl groups excluding tert-OH is 1. The molecule has 2 aromatic heterocycles. The molecule has 3 heterocycles. The zero-order chi connectivity index (χ0) is 20.4. The maximum absolute atomic E-state index is 14.5. The smallest absolute Gasteiger partial charge is 0.158 e. The van der Waals surface area contributed by atoms with Gasteiger partial charge in [-0.25, -0.2) is 4.39 Å². The summed E-state index contributed by atoms with van der Waals surface area (Å²) in [6, 6.07) is 4.28. The third kappa shape index (κ3) is 4.10. The number of phenolic OH excluding ortho intramolecular Hbond substituents is 1. The maximum atomic E-state index is 14.5. The van der Waals surface area contributed by atoms with Crippen LogP contribution in [0.25, 0.3) is 22.0 Å². The lowest BCUT2D eigenvalue weighted by atomic mass is 10.0. The monoisotopic (exact) mass is 417 g/mol. The number of phenols is 1. The summed E-state index contributed by atoms with van der Waals surface area (Å²) >= 11 is 5.82. The number of hydrogen-bond donors (Lipinski definition) is 3. The fourth-order valence-electron chi connectivity index (χ4n) is 3.79. The second-order valence-corrected chi connectivity index (χ2v) is 7.54. The van der Waals surface area contributed by atoms with Crippen molar-refractivity contribution in [2.45, 2.75) is 18.9 Å². The zero-order valence-corrected chi connectivity index (χ0v) is 16.4. The normalized spacial score (nSPS) is 17.6. The third-order valence-electron chi connectivity index (χ3n) is 5.11. The van der Waals surface area contributed by atoms with Gasteiger partial charge in [0.25, 0.3) is 0 Å². The molecule has 152 valence electrons. The van der Waals surface area contributed by atoms with Crippen molar-refractivity contribution in [3.63, 3.8) is 0 Å². The van der Waals surface area contributed by atoms with Crippen LogP contribution in [0.3, 0.4) is 0 Å². The number of hydrogen-bond acceptors (Lipinski definition) is 7. The summed E-state index contributed by atoms with van der Waals surface area (Å²) in [5, 5.41) is 32.7. The molecule has 29 heavy (non-hydrogen) atoms. The fraction of sp³-hybridized carbons (Fsp3) is 0.350. The molecule has 1 aliphatic heterocycles. The highest BCUT2D eigenvalue weighted by molar-refractivity contribution is 6.30. The van der Waals surface area contributed by atoms with Crippen molar-refractivity contribution in [2.24, 2.45) is 0 Å². The summed E-state index contributed by atoms with van der Waals surface area (Å²) < 4.78 is 14.5. The Bertz CT molecular complexity index is 1010. The number of piperidine rings is 1. The molecule has 3 N–H and O–H groups in total. The molecular formula is C20H21ClFN5O2. The quantitative estimate of drug-likeness (QED) is 0.587. The average molecular weight is 418 g/mol. The lowest BCUT2D eigenvalue weighted by molar-refractivity contribution is 0.166. The Balaban J connectivity index is 1.71.